The lowest BCUT2D eigenvalue weighted by Gasteiger charge is -2.42. The van der Waals surface area contributed by atoms with Gasteiger partial charge in [-0.1, -0.05) is 36.8 Å². The van der Waals surface area contributed by atoms with Crippen molar-refractivity contribution in [1.82, 2.24) is 20.7 Å². The first kappa shape index (κ1) is 11.9. The van der Waals surface area contributed by atoms with Crippen molar-refractivity contribution in [2.75, 3.05) is 6.54 Å². The van der Waals surface area contributed by atoms with Crippen molar-refractivity contribution in [3.05, 3.63) is 47.8 Å². The lowest BCUT2D eigenvalue weighted by Crippen LogP contribution is -2.45. The van der Waals surface area contributed by atoms with Crippen molar-refractivity contribution >= 4 is 5.91 Å². The van der Waals surface area contributed by atoms with Gasteiger partial charge in [0.1, 0.15) is 0 Å². The van der Waals surface area contributed by atoms with E-state index in [2.05, 4.69) is 45.0 Å². The Bertz CT molecular complexity index is 546. The minimum absolute atomic E-state index is 0.0979. The molecule has 5 nitrogen and oxygen atoms in total. The number of hydrogen-bond donors (Lipinski definition) is 2. The van der Waals surface area contributed by atoms with Crippen LogP contribution >= 0.6 is 0 Å². The average Bonchev–Trinajstić information content (AvgIpc) is 2.92. The molecule has 1 aromatic heterocycles. The maximum Gasteiger partial charge on any atom is 0.273 e. The molecule has 5 heteroatoms. The first-order chi connectivity index (χ1) is 9.30. The molecule has 19 heavy (non-hydrogen) atoms. The van der Waals surface area contributed by atoms with Crippen LogP contribution in [0.3, 0.4) is 0 Å². The van der Waals surface area contributed by atoms with Crippen LogP contribution in [0.15, 0.2) is 36.5 Å². The number of hydrogen-bond acceptors (Lipinski definition) is 3. The highest BCUT2D eigenvalue weighted by molar-refractivity contribution is 5.91. The van der Waals surface area contributed by atoms with E-state index < -0.39 is 0 Å². The largest absolute Gasteiger partial charge is 0.350 e. The van der Waals surface area contributed by atoms with Crippen LogP contribution in [0.5, 0.6) is 0 Å². The Balaban J connectivity index is 1.69. The van der Waals surface area contributed by atoms with Crippen LogP contribution < -0.4 is 5.32 Å². The number of aromatic nitrogens is 3. The molecular weight excluding hydrogens is 240 g/mol. The van der Waals surface area contributed by atoms with Crippen LogP contribution in [-0.2, 0) is 5.41 Å². The molecule has 1 fully saturated rings. The highest BCUT2D eigenvalue weighted by Gasteiger charge is 2.38. The van der Waals surface area contributed by atoms with Crippen LogP contribution in [0.1, 0.15) is 35.3 Å². The number of rotatable bonds is 4. The van der Waals surface area contributed by atoms with E-state index in [1.54, 1.807) is 0 Å². The zero-order chi connectivity index (χ0) is 13.1. The molecule has 98 valence electrons. The molecule has 3 rings (SSSR count). The third-order valence-corrected chi connectivity index (χ3v) is 3.93. The standard InChI is InChI=1S/C14H16N4O/c19-13(12-9-16-18-17-12)15-10-14(7-4-8-14)11-5-2-1-3-6-11/h1-3,5-6,9H,4,7-8,10H2,(H,15,19)(H,16,17,18). The Labute approximate surface area is 111 Å². The normalized spacial score (nSPS) is 16.6. The van der Waals surface area contributed by atoms with Gasteiger partial charge < -0.3 is 5.32 Å². The van der Waals surface area contributed by atoms with Gasteiger partial charge in [-0.2, -0.15) is 15.4 Å². The summed E-state index contributed by atoms with van der Waals surface area (Å²) in [5, 5.41) is 12.8. The molecule has 0 spiro atoms. The van der Waals surface area contributed by atoms with Gasteiger partial charge in [0, 0.05) is 12.0 Å². The fraction of sp³-hybridized carbons (Fsp3) is 0.357. The molecule has 1 heterocycles. The van der Waals surface area contributed by atoms with Gasteiger partial charge >= 0.3 is 0 Å². The van der Waals surface area contributed by atoms with E-state index >= 15 is 0 Å². The van der Waals surface area contributed by atoms with Crippen molar-refractivity contribution in [2.45, 2.75) is 24.7 Å². The maximum absolute atomic E-state index is 11.9. The van der Waals surface area contributed by atoms with Gasteiger partial charge in [0.05, 0.1) is 6.20 Å². The Hall–Kier alpha value is -2.17. The molecule has 1 saturated carbocycles. The number of benzene rings is 1. The van der Waals surface area contributed by atoms with Crippen molar-refractivity contribution in [3.63, 3.8) is 0 Å². The number of amides is 1. The molecule has 0 atom stereocenters. The summed E-state index contributed by atoms with van der Waals surface area (Å²) < 4.78 is 0. The summed E-state index contributed by atoms with van der Waals surface area (Å²) in [5.41, 5.74) is 1.74. The van der Waals surface area contributed by atoms with Gasteiger partial charge in [0.25, 0.3) is 5.91 Å². The van der Waals surface area contributed by atoms with Gasteiger partial charge in [0.2, 0.25) is 0 Å². The number of carbonyl (C=O) groups is 1. The second-order valence-corrected chi connectivity index (χ2v) is 5.04. The summed E-state index contributed by atoms with van der Waals surface area (Å²) in [6.45, 7) is 0.655. The summed E-state index contributed by atoms with van der Waals surface area (Å²) in [6.07, 6.45) is 4.90. The summed E-state index contributed by atoms with van der Waals surface area (Å²) in [5.74, 6) is -0.170. The molecule has 0 radical (unpaired) electrons. The van der Waals surface area contributed by atoms with Crippen molar-refractivity contribution in [2.24, 2.45) is 0 Å². The number of carbonyl (C=O) groups excluding carboxylic acids is 1. The molecule has 0 saturated heterocycles. The summed E-state index contributed by atoms with van der Waals surface area (Å²) >= 11 is 0. The number of aromatic amines is 1. The molecule has 0 aliphatic heterocycles. The second kappa shape index (κ2) is 4.84. The van der Waals surface area contributed by atoms with Gasteiger partial charge in [-0.3, -0.25) is 4.79 Å². The third kappa shape index (κ3) is 2.23. The molecule has 0 bridgehead atoms. The maximum atomic E-state index is 11.9. The Morgan fingerprint density at radius 3 is 2.68 bits per heavy atom. The molecule has 1 aliphatic carbocycles. The molecular formula is C14H16N4O. The Morgan fingerprint density at radius 1 is 1.32 bits per heavy atom. The monoisotopic (exact) mass is 256 g/mol. The van der Waals surface area contributed by atoms with Gasteiger partial charge in [-0.15, -0.1) is 0 Å². The molecule has 1 aliphatic rings. The van der Waals surface area contributed by atoms with E-state index in [1.807, 2.05) is 6.07 Å². The van der Waals surface area contributed by atoms with Crippen molar-refractivity contribution < 1.29 is 4.79 Å². The Morgan fingerprint density at radius 2 is 2.11 bits per heavy atom. The van der Waals surface area contributed by atoms with E-state index in [1.165, 1.54) is 18.2 Å². The minimum Gasteiger partial charge on any atom is -0.350 e. The van der Waals surface area contributed by atoms with Gasteiger partial charge in [-0.25, -0.2) is 0 Å². The van der Waals surface area contributed by atoms with Gasteiger partial charge in [0.15, 0.2) is 5.69 Å². The smallest absolute Gasteiger partial charge is 0.273 e. The summed E-state index contributed by atoms with van der Waals surface area (Å²) in [6, 6.07) is 10.4. The first-order valence-electron chi connectivity index (χ1n) is 6.50. The molecule has 1 aromatic carbocycles. The SMILES string of the molecule is O=C(NCC1(c2ccccc2)CCC1)c1cn[nH]n1. The van der Waals surface area contributed by atoms with E-state index in [0.717, 1.165) is 12.8 Å². The van der Waals surface area contributed by atoms with Crippen molar-refractivity contribution in [3.8, 4) is 0 Å². The fourth-order valence-corrected chi connectivity index (χ4v) is 2.61. The summed E-state index contributed by atoms with van der Waals surface area (Å²) in [4.78, 5) is 11.9. The van der Waals surface area contributed by atoms with Crippen LogP contribution in [0.4, 0.5) is 0 Å². The number of H-pyrrole nitrogens is 1. The molecule has 1 amide bonds. The predicted octanol–water partition coefficient (Wildman–Crippen LogP) is 1.66. The molecule has 2 N–H and O–H groups in total. The molecule has 0 unspecified atom stereocenters. The number of nitrogens with zero attached hydrogens (tertiary/aromatic N) is 2. The van der Waals surface area contributed by atoms with E-state index in [-0.39, 0.29) is 11.3 Å². The van der Waals surface area contributed by atoms with Gasteiger partial charge in [-0.05, 0) is 18.4 Å². The van der Waals surface area contributed by atoms with Crippen LogP contribution in [0, 0.1) is 0 Å². The Kier molecular flexibility index (Phi) is 3.03. The van der Waals surface area contributed by atoms with Crippen LogP contribution in [0.25, 0.3) is 0 Å². The third-order valence-electron chi connectivity index (χ3n) is 3.93. The molecule has 2 aromatic rings. The van der Waals surface area contributed by atoms with E-state index in [4.69, 9.17) is 0 Å². The quantitative estimate of drug-likeness (QED) is 0.874. The highest BCUT2D eigenvalue weighted by Crippen LogP contribution is 2.43. The summed E-state index contributed by atoms with van der Waals surface area (Å²) in [7, 11) is 0. The zero-order valence-electron chi connectivity index (χ0n) is 10.6. The zero-order valence-corrected chi connectivity index (χ0v) is 10.6. The van der Waals surface area contributed by atoms with Crippen molar-refractivity contribution in [1.29, 1.82) is 0 Å². The lowest BCUT2D eigenvalue weighted by molar-refractivity contribution is 0.0923. The fourth-order valence-electron chi connectivity index (χ4n) is 2.61. The topological polar surface area (TPSA) is 70.7 Å². The lowest BCUT2D eigenvalue weighted by atomic mass is 9.64. The van der Waals surface area contributed by atoms with E-state index in [0.29, 0.717) is 12.2 Å². The second-order valence-electron chi connectivity index (χ2n) is 5.04. The first-order valence-corrected chi connectivity index (χ1v) is 6.50. The predicted molar refractivity (Wildman–Crippen MR) is 70.7 cm³/mol. The van der Waals surface area contributed by atoms with Crippen LogP contribution in [-0.4, -0.2) is 27.9 Å². The van der Waals surface area contributed by atoms with Crippen LogP contribution in [0.2, 0.25) is 0 Å². The average molecular weight is 256 g/mol. The minimum atomic E-state index is -0.170. The highest BCUT2D eigenvalue weighted by atomic mass is 16.1. The van der Waals surface area contributed by atoms with E-state index in [9.17, 15) is 4.79 Å². The number of nitrogens with one attached hydrogen (secondary N) is 2.